The van der Waals surface area contributed by atoms with Gasteiger partial charge in [0, 0.05) is 36.0 Å². The molecule has 0 spiro atoms. The molecule has 1 aliphatic heterocycles. The topological polar surface area (TPSA) is 55.8 Å². The average molecular weight is 546 g/mol. The van der Waals surface area contributed by atoms with Crippen molar-refractivity contribution in [2.75, 3.05) is 26.0 Å². The number of hydrogen-bond acceptors (Lipinski definition) is 6. The fraction of sp³-hybridized carbons (Fsp3) is 0.394. The second kappa shape index (κ2) is 13.3. The van der Waals surface area contributed by atoms with Gasteiger partial charge < -0.3 is 9.47 Å². The number of ether oxygens (including phenoxy) is 2. The van der Waals surface area contributed by atoms with Crippen LogP contribution >= 0.6 is 11.8 Å². The van der Waals surface area contributed by atoms with Gasteiger partial charge in [0.2, 0.25) is 0 Å². The lowest BCUT2D eigenvalue weighted by Crippen LogP contribution is -2.39. The lowest BCUT2D eigenvalue weighted by Gasteiger charge is -2.24. The maximum absolute atomic E-state index is 13.7. The predicted molar refractivity (Wildman–Crippen MR) is 157 cm³/mol. The molecule has 1 aliphatic rings. The average Bonchev–Trinajstić information content (AvgIpc) is 3.35. The summed E-state index contributed by atoms with van der Waals surface area (Å²) < 4.78 is 11.0. The molecule has 0 N–H and O–H groups in total. The summed E-state index contributed by atoms with van der Waals surface area (Å²) in [5.41, 5.74) is 2.21. The molecule has 39 heavy (non-hydrogen) atoms. The number of ketones is 1. The van der Waals surface area contributed by atoms with Crippen LogP contribution in [0.3, 0.4) is 0 Å². The van der Waals surface area contributed by atoms with Crippen molar-refractivity contribution in [2.24, 2.45) is 11.8 Å². The van der Waals surface area contributed by atoms with E-state index < -0.39 is 5.60 Å². The minimum atomic E-state index is -1.05. The van der Waals surface area contributed by atoms with Crippen LogP contribution in [0.15, 0.2) is 83.8 Å². The summed E-state index contributed by atoms with van der Waals surface area (Å²) in [6.45, 7) is 8.07. The Morgan fingerprint density at radius 2 is 1.62 bits per heavy atom. The molecule has 5 nitrogen and oxygen atoms in total. The highest BCUT2D eigenvalue weighted by atomic mass is 32.2. The maximum atomic E-state index is 13.7. The molecular weight excluding hydrogens is 506 g/mol. The van der Waals surface area contributed by atoms with Gasteiger partial charge in [0.05, 0.1) is 6.61 Å². The lowest BCUT2D eigenvalue weighted by molar-refractivity contribution is -0.158. The van der Waals surface area contributed by atoms with Crippen molar-refractivity contribution >= 4 is 23.5 Å². The number of nitrogens with zero attached hydrogens (tertiary/aromatic N) is 1. The molecule has 0 aliphatic carbocycles. The fourth-order valence-corrected chi connectivity index (χ4v) is 5.62. The van der Waals surface area contributed by atoms with Crippen LogP contribution in [-0.2, 0) is 22.5 Å². The Morgan fingerprint density at radius 1 is 0.923 bits per heavy atom. The van der Waals surface area contributed by atoms with Crippen LogP contribution in [0.1, 0.15) is 48.7 Å². The molecule has 3 aromatic carbocycles. The van der Waals surface area contributed by atoms with Crippen molar-refractivity contribution in [3.8, 4) is 5.75 Å². The fourth-order valence-electron chi connectivity index (χ4n) is 5.21. The third-order valence-electron chi connectivity index (χ3n) is 7.34. The second-order valence-electron chi connectivity index (χ2n) is 10.7. The van der Waals surface area contributed by atoms with Crippen molar-refractivity contribution in [3.63, 3.8) is 0 Å². The molecule has 0 amide bonds. The van der Waals surface area contributed by atoms with Crippen molar-refractivity contribution < 1.29 is 19.1 Å². The number of benzene rings is 3. The summed E-state index contributed by atoms with van der Waals surface area (Å²) in [6, 6.07) is 26.4. The molecule has 4 rings (SSSR count). The number of esters is 1. The molecule has 1 fully saturated rings. The monoisotopic (exact) mass is 545 g/mol. The molecular formula is C33H39NO4S. The molecule has 6 heteroatoms. The normalized spacial score (nSPS) is 17.6. The van der Waals surface area contributed by atoms with Gasteiger partial charge in [-0.1, -0.05) is 54.6 Å². The van der Waals surface area contributed by atoms with Gasteiger partial charge >= 0.3 is 5.97 Å². The molecule has 1 saturated heterocycles. The summed E-state index contributed by atoms with van der Waals surface area (Å²) in [6.07, 6.45) is 3.85. The van der Waals surface area contributed by atoms with Gasteiger partial charge in [0.1, 0.15) is 5.75 Å². The smallest absolute Gasteiger partial charge is 0.349 e. The molecule has 1 unspecified atom stereocenters. The third-order valence-corrected chi connectivity index (χ3v) is 8.09. The molecule has 0 bridgehead atoms. The Bertz CT molecular complexity index is 1220. The number of Topliss-reactive ketones (excluding diaryl/α,β-unsaturated/α-hetero) is 1. The van der Waals surface area contributed by atoms with E-state index in [4.69, 9.17) is 9.47 Å². The molecule has 3 aromatic rings. The largest absolute Gasteiger partial charge is 0.476 e. The van der Waals surface area contributed by atoms with E-state index in [2.05, 4.69) is 29.2 Å². The predicted octanol–water partition coefficient (Wildman–Crippen LogP) is 6.69. The quantitative estimate of drug-likeness (QED) is 0.144. The number of carbonyl (C=O) groups excluding carboxylic acids is 2. The van der Waals surface area contributed by atoms with Crippen LogP contribution in [-0.4, -0.2) is 48.2 Å². The SMILES string of the molecule is CCOC(=O)C(C)(C)Oc1ccc(CC[C@H]2CN(Cc3ccccc3)CC2C(=O)c2ccc(SC)cc2)cc1. The molecule has 0 aromatic heterocycles. The van der Waals surface area contributed by atoms with Crippen molar-refractivity contribution in [3.05, 3.63) is 95.6 Å². The van der Waals surface area contributed by atoms with Crippen LogP contribution in [0.25, 0.3) is 0 Å². The summed E-state index contributed by atoms with van der Waals surface area (Å²) in [5, 5.41) is 0. The molecule has 206 valence electrons. The first-order chi connectivity index (χ1) is 18.8. The van der Waals surface area contributed by atoms with E-state index in [1.165, 1.54) is 16.0 Å². The Morgan fingerprint density at radius 3 is 2.26 bits per heavy atom. The van der Waals surface area contributed by atoms with Crippen LogP contribution in [0.2, 0.25) is 0 Å². The van der Waals surface area contributed by atoms with E-state index in [0.29, 0.717) is 12.4 Å². The first kappa shape index (κ1) is 28.9. The van der Waals surface area contributed by atoms with E-state index in [0.717, 1.165) is 38.0 Å². The van der Waals surface area contributed by atoms with Gasteiger partial charge in [-0.2, -0.15) is 0 Å². The van der Waals surface area contributed by atoms with Crippen LogP contribution in [0, 0.1) is 11.8 Å². The summed E-state index contributed by atoms with van der Waals surface area (Å²) in [5.74, 6) is 0.748. The highest BCUT2D eigenvalue weighted by molar-refractivity contribution is 7.98. The van der Waals surface area contributed by atoms with E-state index in [9.17, 15) is 9.59 Å². The second-order valence-corrected chi connectivity index (χ2v) is 11.5. The van der Waals surface area contributed by atoms with Crippen LogP contribution in [0.4, 0.5) is 0 Å². The number of aryl methyl sites for hydroxylation is 1. The van der Waals surface area contributed by atoms with Gasteiger partial charge in [0.15, 0.2) is 11.4 Å². The zero-order chi connectivity index (χ0) is 27.8. The zero-order valence-corrected chi connectivity index (χ0v) is 24.2. The zero-order valence-electron chi connectivity index (χ0n) is 23.4. The Balaban J connectivity index is 1.43. The molecule has 0 saturated carbocycles. The standard InChI is InChI=1S/C33H39NO4S/c1-5-37-32(36)33(2,3)38-28-17-12-24(13-18-28)11-14-27-22-34(21-25-9-7-6-8-10-25)23-30(27)31(35)26-15-19-29(39-4)20-16-26/h6-10,12-13,15-20,27,30H,5,11,14,21-23H2,1-4H3/t27-,30?/m0/s1. The highest BCUT2D eigenvalue weighted by Crippen LogP contribution is 2.32. The van der Waals surface area contributed by atoms with Gasteiger partial charge in [-0.05, 0) is 81.2 Å². The number of rotatable bonds is 12. The first-order valence-electron chi connectivity index (χ1n) is 13.7. The minimum Gasteiger partial charge on any atom is -0.476 e. The van der Waals surface area contributed by atoms with Gasteiger partial charge in [-0.3, -0.25) is 9.69 Å². The Hall–Kier alpha value is -3.09. The number of likely N-dealkylation sites (tertiary alicyclic amines) is 1. The van der Waals surface area contributed by atoms with Crippen molar-refractivity contribution in [1.82, 2.24) is 4.90 Å². The van der Waals surface area contributed by atoms with Gasteiger partial charge in [-0.15, -0.1) is 11.8 Å². The molecule has 2 atom stereocenters. The number of carbonyl (C=O) groups is 2. The van der Waals surface area contributed by atoms with Gasteiger partial charge in [0.25, 0.3) is 0 Å². The van der Waals surface area contributed by atoms with Gasteiger partial charge in [-0.25, -0.2) is 4.79 Å². The van der Waals surface area contributed by atoms with E-state index >= 15 is 0 Å². The first-order valence-corrected chi connectivity index (χ1v) is 14.9. The summed E-state index contributed by atoms with van der Waals surface area (Å²) in [4.78, 5) is 29.4. The molecule has 1 heterocycles. The molecule has 0 radical (unpaired) electrons. The summed E-state index contributed by atoms with van der Waals surface area (Å²) >= 11 is 1.69. The highest BCUT2D eigenvalue weighted by Gasteiger charge is 2.37. The van der Waals surface area contributed by atoms with Crippen LogP contribution < -0.4 is 4.74 Å². The van der Waals surface area contributed by atoms with Crippen LogP contribution in [0.5, 0.6) is 5.75 Å². The minimum absolute atomic E-state index is 0.0261. The maximum Gasteiger partial charge on any atom is 0.349 e. The Kier molecular flexibility index (Phi) is 9.87. The van der Waals surface area contributed by atoms with E-state index in [1.54, 1.807) is 32.5 Å². The van der Waals surface area contributed by atoms with Crippen molar-refractivity contribution in [2.45, 2.75) is 50.7 Å². The van der Waals surface area contributed by atoms with E-state index in [-0.39, 0.29) is 23.6 Å². The lowest BCUT2D eigenvalue weighted by atomic mass is 9.85. The Labute approximate surface area is 236 Å². The summed E-state index contributed by atoms with van der Waals surface area (Å²) in [7, 11) is 0. The number of thioether (sulfide) groups is 1. The number of hydrogen-bond donors (Lipinski definition) is 0. The van der Waals surface area contributed by atoms with Crippen molar-refractivity contribution in [1.29, 1.82) is 0 Å². The van der Waals surface area contributed by atoms with E-state index in [1.807, 2.05) is 60.9 Å². The third kappa shape index (κ3) is 7.74.